The Hall–Kier alpha value is -2.67. The fourth-order valence-electron chi connectivity index (χ4n) is 3.71. The summed E-state index contributed by atoms with van der Waals surface area (Å²) >= 11 is 0. The van der Waals surface area contributed by atoms with E-state index < -0.39 is 21.5 Å². The second kappa shape index (κ2) is 7.63. The molecule has 2 aromatic carbocycles. The van der Waals surface area contributed by atoms with Gasteiger partial charge in [0.15, 0.2) is 0 Å². The van der Waals surface area contributed by atoms with Crippen molar-refractivity contribution in [2.75, 3.05) is 6.54 Å². The average molecular weight is 415 g/mol. The number of nitrogens with one attached hydrogen (secondary N) is 1. The van der Waals surface area contributed by atoms with E-state index in [0.717, 1.165) is 22.3 Å². The summed E-state index contributed by atoms with van der Waals surface area (Å²) in [6.45, 7) is 7.76. The molecule has 0 radical (unpaired) electrons. The highest BCUT2D eigenvalue weighted by molar-refractivity contribution is 7.90. The Labute approximate surface area is 172 Å². The molecule has 154 valence electrons. The van der Waals surface area contributed by atoms with Gasteiger partial charge in [0.25, 0.3) is 15.9 Å². The predicted molar refractivity (Wildman–Crippen MR) is 111 cm³/mol. The molecule has 2 aromatic rings. The van der Waals surface area contributed by atoms with Crippen LogP contribution in [0, 0.1) is 20.8 Å². The van der Waals surface area contributed by atoms with E-state index in [1.165, 1.54) is 17.0 Å². The number of sulfonamides is 1. The topological polar surface area (TPSA) is 83.6 Å². The highest BCUT2D eigenvalue weighted by Crippen LogP contribution is 2.32. The third kappa shape index (κ3) is 4.34. The Balaban J connectivity index is 1.74. The lowest BCUT2D eigenvalue weighted by Gasteiger charge is -2.49. The summed E-state index contributed by atoms with van der Waals surface area (Å²) in [4.78, 5) is 27.1. The van der Waals surface area contributed by atoms with Gasteiger partial charge in [0.1, 0.15) is 5.54 Å². The van der Waals surface area contributed by atoms with Crippen LogP contribution in [0.1, 0.15) is 35.6 Å². The second-order valence-electron chi connectivity index (χ2n) is 7.99. The molecule has 1 atom stereocenters. The molecular formula is C22H26N2O4S. The van der Waals surface area contributed by atoms with E-state index in [0.29, 0.717) is 13.0 Å². The van der Waals surface area contributed by atoms with E-state index in [2.05, 4.69) is 4.72 Å². The Morgan fingerprint density at radius 2 is 1.69 bits per heavy atom. The lowest BCUT2D eigenvalue weighted by Crippen LogP contribution is -2.68. The molecule has 1 aliphatic heterocycles. The molecule has 1 unspecified atom stereocenters. The van der Waals surface area contributed by atoms with Gasteiger partial charge in [0, 0.05) is 6.54 Å². The van der Waals surface area contributed by atoms with Crippen LogP contribution in [0.5, 0.6) is 0 Å². The third-order valence-electron chi connectivity index (χ3n) is 5.37. The first-order chi connectivity index (χ1) is 13.5. The largest absolute Gasteiger partial charge is 0.328 e. The summed E-state index contributed by atoms with van der Waals surface area (Å²) < 4.78 is 27.3. The van der Waals surface area contributed by atoms with Gasteiger partial charge < -0.3 is 4.90 Å². The average Bonchev–Trinajstić information content (AvgIpc) is 2.58. The summed E-state index contributed by atoms with van der Waals surface area (Å²) in [6.07, 6.45) is 0.594. The van der Waals surface area contributed by atoms with Crippen molar-refractivity contribution in [3.8, 4) is 0 Å². The van der Waals surface area contributed by atoms with Crippen LogP contribution in [0.15, 0.2) is 47.4 Å². The van der Waals surface area contributed by atoms with Gasteiger partial charge in [-0.2, -0.15) is 0 Å². The van der Waals surface area contributed by atoms with Crippen LogP contribution in [0.2, 0.25) is 0 Å². The highest BCUT2D eigenvalue weighted by atomic mass is 32.2. The van der Waals surface area contributed by atoms with E-state index in [1.54, 1.807) is 26.0 Å². The molecule has 7 heteroatoms. The monoisotopic (exact) mass is 414 g/mol. The number of benzene rings is 2. The zero-order valence-corrected chi connectivity index (χ0v) is 18.0. The number of carbonyl (C=O) groups excluding carboxylic acids is 2. The van der Waals surface area contributed by atoms with E-state index >= 15 is 0 Å². The van der Waals surface area contributed by atoms with E-state index in [-0.39, 0.29) is 17.2 Å². The molecule has 3 rings (SSSR count). The maximum absolute atomic E-state index is 12.8. The molecule has 0 aromatic heterocycles. The Bertz CT molecular complexity index is 1060. The lowest BCUT2D eigenvalue weighted by molar-refractivity contribution is -0.156. The predicted octanol–water partition coefficient (Wildman–Crippen LogP) is 2.65. The smallest absolute Gasteiger partial charge is 0.264 e. The molecule has 29 heavy (non-hydrogen) atoms. The van der Waals surface area contributed by atoms with Crippen LogP contribution in [0.25, 0.3) is 0 Å². The van der Waals surface area contributed by atoms with Crippen molar-refractivity contribution in [1.82, 2.24) is 9.62 Å². The second-order valence-corrected chi connectivity index (χ2v) is 9.68. The van der Waals surface area contributed by atoms with Crippen molar-refractivity contribution in [3.05, 3.63) is 64.7 Å². The minimum Gasteiger partial charge on any atom is -0.328 e. The van der Waals surface area contributed by atoms with Gasteiger partial charge in [-0.15, -0.1) is 0 Å². The summed E-state index contributed by atoms with van der Waals surface area (Å²) in [5.74, 6) is -0.870. The molecule has 1 saturated heterocycles. The van der Waals surface area contributed by atoms with Gasteiger partial charge in [-0.1, -0.05) is 41.5 Å². The van der Waals surface area contributed by atoms with Crippen LogP contribution < -0.4 is 4.72 Å². The Kier molecular flexibility index (Phi) is 5.54. The molecule has 1 heterocycles. The summed E-state index contributed by atoms with van der Waals surface area (Å²) in [7, 11) is -4.00. The highest BCUT2D eigenvalue weighted by Gasteiger charge is 2.50. The maximum atomic E-state index is 12.8. The number of hydrogen-bond donors (Lipinski definition) is 1. The zero-order chi connectivity index (χ0) is 21.4. The Morgan fingerprint density at radius 1 is 1.03 bits per heavy atom. The molecular weight excluding hydrogens is 388 g/mol. The molecule has 0 bridgehead atoms. The minimum absolute atomic E-state index is 0.0295. The van der Waals surface area contributed by atoms with Crippen LogP contribution in [-0.4, -0.2) is 37.2 Å². The molecule has 1 fully saturated rings. The van der Waals surface area contributed by atoms with E-state index in [4.69, 9.17) is 0 Å². The first-order valence-corrected chi connectivity index (χ1v) is 11.0. The van der Waals surface area contributed by atoms with E-state index in [1.807, 2.05) is 32.0 Å². The van der Waals surface area contributed by atoms with Crippen molar-refractivity contribution in [1.29, 1.82) is 0 Å². The third-order valence-corrected chi connectivity index (χ3v) is 6.70. The van der Waals surface area contributed by atoms with Crippen LogP contribution in [0.4, 0.5) is 0 Å². The number of likely N-dealkylation sites (tertiary alicyclic amines) is 1. The molecule has 2 amide bonds. The fraction of sp³-hybridized carbons (Fsp3) is 0.364. The molecule has 0 spiro atoms. The number of rotatable bonds is 5. The van der Waals surface area contributed by atoms with E-state index in [9.17, 15) is 18.0 Å². The van der Waals surface area contributed by atoms with Crippen molar-refractivity contribution in [2.45, 2.75) is 51.0 Å². The number of hydrogen-bond acceptors (Lipinski definition) is 4. The van der Waals surface area contributed by atoms with Gasteiger partial charge in [0.2, 0.25) is 5.91 Å². The lowest BCUT2D eigenvalue weighted by atomic mass is 9.85. The van der Waals surface area contributed by atoms with Crippen molar-refractivity contribution in [2.24, 2.45) is 0 Å². The number of amides is 2. The fourth-order valence-corrected chi connectivity index (χ4v) is 4.89. The summed E-state index contributed by atoms with van der Waals surface area (Å²) in [5, 5.41) is 0. The van der Waals surface area contributed by atoms with Crippen LogP contribution in [-0.2, 0) is 26.0 Å². The van der Waals surface area contributed by atoms with Crippen molar-refractivity contribution >= 4 is 21.8 Å². The molecule has 6 nitrogen and oxygen atoms in total. The summed E-state index contributed by atoms with van der Waals surface area (Å²) in [5.41, 5.74) is 2.63. The maximum Gasteiger partial charge on any atom is 0.264 e. The van der Waals surface area contributed by atoms with Gasteiger partial charge >= 0.3 is 0 Å². The first-order valence-electron chi connectivity index (χ1n) is 9.53. The van der Waals surface area contributed by atoms with Crippen LogP contribution in [0.3, 0.4) is 0 Å². The molecule has 1 aliphatic rings. The molecule has 1 N–H and O–H groups in total. The number of carbonyl (C=O) groups is 2. The molecule has 0 aliphatic carbocycles. The van der Waals surface area contributed by atoms with Gasteiger partial charge in [-0.25, -0.2) is 13.1 Å². The Morgan fingerprint density at radius 3 is 2.24 bits per heavy atom. The van der Waals surface area contributed by atoms with Gasteiger partial charge in [0.05, 0.1) is 11.3 Å². The molecule has 0 saturated carbocycles. The van der Waals surface area contributed by atoms with Crippen LogP contribution >= 0.6 is 0 Å². The normalized spacial score (nSPS) is 18.8. The van der Waals surface area contributed by atoms with Crippen molar-refractivity contribution in [3.63, 3.8) is 0 Å². The van der Waals surface area contributed by atoms with Gasteiger partial charge in [-0.05, 0) is 57.4 Å². The van der Waals surface area contributed by atoms with Gasteiger partial charge in [-0.3, -0.25) is 9.59 Å². The zero-order valence-electron chi connectivity index (χ0n) is 17.2. The quantitative estimate of drug-likeness (QED) is 0.815. The SMILES string of the molecule is Cc1cc(C)cc(CC(=O)N2CCC2(C)C(=O)NS(=O)(=O)c2cccc(C)c2)c1. The standard InChI is InChI=1S/C22H26N2O4S/c1-15-6-5-7-19(13-15)29(27,28)23-21(26)22(4)8-9-24(22)20(25)14-18-11-16(2)10-17(3)12-18/h5-7,10-13H,8-9,14H2,1-4H3,(H,23,26). The van der Waals surface area contributed by atoms with Crippen molar-refractivity contribution < 1.29 is 18.0 Å². The first kappa shape index (κ1) is 21.0. The number of nitrogens with zero attached hydrogens (tertiary/aromatic N) is 1. The minimum atomic E-state index is -4.00. The summed E-state index contributed by atoms with van der Waals surface area (Å²) in [6, 6.07) is 12.3. The number of aryl methyl sites for hydroxylation is 3.